The number of methoxy groups -OCH3 is 1. The summed E-state index contributed by atoms with van der Waals surface area (Å²) in [6.07, 6.45) is 0.972. The Morgan fingerprint density at radius 1 is 1.21 bits per heavy atom. The number of nitrogens with zero attached hydrogens (tertiary/aromatic N) is 1. The van der Waals surface area contributed by atoms with E-state index in [2.05, 4.69) is 0 Å². The van der Waals surface area contributed by atoms with Crippen molar-refractivity contribution in [2.24, 2.45) is 16.8 Å². The summed E-state index contributed by atoms with van der Waals surface area (Å²) in [6, 6.07) is 10.0. The van der Waals surface area contributed by atoms with Crippen LogP contribution in [0.5, 0.6) is 0 Å². The maximum Gasteiger partial charge on any atom is 0.315 e. The summed E-state index contributed by atoms with van der Waals surface area (Å²) in [5.74, 6) is -1.99. The van der Waals surface area contributed by atoms with E-state index in [0.717, 1.165) is 4.88 Å². The average molecular weight is 470 g/mol. The average Bonchev–Trinajstić information content (AvgIpc) is 3.32. The molecule has 3 atom stereocenters. The molecule has 33 heavy (non-hydrogen) atoms. The molecule has 0 amide bonds. The van der Waals surface area contributed by atoms with Crippen molar-refractivity contribution in [3.05, 3.63) is 69.3 Å². The second kappa shape index (κ2) is 10.1. The number of allylic oxidation sites excluding steroid dienone is 2. The van der Waals surface area contributed by atoms with Gasteiger partial charge < -0.3 is 9.47 Å². The van der Waals surface area contributed by atoms with Crippen molar-refractivity contribution in [2.75, 3.05) is 20.3 Å². The fourth-order valence-corrected chi connectivity index (χ4v) is 5.44. The summed E-state index contributed by atoms with van der Waals surface area (Å²) < 4.78 is 24.7. The van der Waals surface area contributed by atoms with Gasteiger partial charge >= 0.3 is 5.97 Å². The molecular formula is C26H28FNO4S. The van der Waals surface area contributed by atoms with Gasteiger partial charge in [-0.1, -0.05) is 32.0 Å². The largest absolute Gasteiger partial charge is 0.465 e. The molecule has 0 fully saturated rings. The topological polar surface area (TPSA) is 65.0 Å². The van der Waals surface area contributed by atoms with Crippen molar-refractivity contribution < 1.29 is 23.5 Å². The second-order valence-electron chi connectivity index (χ2n) is 8.97. The molecule has 174 valence electrons. The predicted molar refractivity (Wildman–Crippen MR) is 126 cm³/mol. The van der Waals surface area contributed by atoms with Crippen molar-refractivity contribution >= 4 is 28.8 Å². The SMILES string of the molecule is COCC1=NC2=C(C(=O)CC(c3cccs3)C2)C(c2ccc(F)cc2)C1C(=O)OCC(C)C. The van der Waals surface area contributed by atoms with Gasteiger partial charge in [-0.15, -0.1) is 11.3 Å². The van der Waals surface area contributed by atoms with Crippen LogP contribution in [-0.2, 0) is 19.1 Å². The maximum absolute atomic E-state index is 13.7. The molecule has 4 rings (SSSR count). The zero-order chi connectivity index (χ0) is 23.5. The number of Topliss-reactive ketones (excluding diaryl/α,β-unsaturated/α-hetero) is 1. The Morgan fingerprint density at radius 3 is 2.61 bits per heavy atom. The molecular weight excluding hydrogens is 441 g/mol. The van der Waals surface area contributed by atoms with Gasteiger partial charge in [0, 0.05) is 41.5 Å². The van der Waals surface area contributed by atoms with Gasteiger partial charge in [-0.3, -0.25) is 14.6 Å². The summed E-state index contributed by atoms with van der Waals surface area (Å²) in [7, 11) is 1.55. The molecule has 1 aromatic heterocycles. The highest BCUT2D eigenvalue weighted by Crippen LogP contribution is 2.47. The Bertz CT molecular complexity index is 1070. The smallest absolute Gasteiger partial charge is 0.315 e. The predicted octanol–water partition coefficient (Wildman–Crippen LogP) is 5.29. The number of ketones is 1. The molecule has 0 saturated carbocycles. The first-order valence-corrected chi connectivity index (χ1v) is 12.0. The Balaban J connectivity index is 1.81. The Hall–Kier alpha value is -2.64. The number of carbonyl (C=O) groups excluding carboxylic acids is 2. The Morgan fingerprint density at radius 2 is 1.97 bits per heavy atom. The summed E-state index contributed by atoms with van der Waals surface area (Å²) in [5, 5.41) is 2.01. The monoisotopic (exact) mass is 469 g/mol. The third kappa shape index (κ3) is 4.99. The van der Waals surface area contributed by atoms with Crippen LogP contribution in [-0.4, -0.2) is 37.8 Å². The highest BCUT2D eigenvalue weighted by molar-refractivity contribution is 7.10. The third-order valence-electron chi connectivity index (χ3n) is 6.04. The number of aliphatic imine (C=N–C) groups is 1. The van der Waals surface area contributed by atoms with E-state index < -0.39 is 17.8 Å². The first-order chi connectivity index (χ1) is 15.9. The second-order valence-corrected chi connectivity index (χ2v) is 9.95. The zero-order valence-electron chi connectivity index (χ0n) is 19.0. The summed E-state index contributed by atoms with van der Waals surface area (Å²) in [6.45, 7) is 4.34. The van der Waals surface area contributed by atoms with Crippen LogP contribution in [0.25, 0.3) is 0 Å². The third-order valence-corrected chi connectivity index (χ3v) is 7.08. The van der Waals surface area contributed by atoms with Gasteiger partial charge in [0.05, 0.1) is 18.9 Å². The molecule has 0 spiro atoms. The maximum atomic E-state index is 13.7. The van der Waals surface area contributed by atoms with Crippen LogP contribution < -0.4 is 0 Å². The lowest BCUT2D eigenvalue weighted by molar-refractivity contribution is -0.147. The Labute approximate surface area is 197 Å². The van der Waals surface area contributed by atoms with Crippen LogP contribution in [0.1, 0.15) is 49.0 Å². The quantitative estimate of drug-likeness (QED) is 0.517. The highest BCUT2D eigenvalue weighted by atomic mass is 32.1. The van der Waals surface area contributed by atoms with Crippen LogP contribution >= 0.6 is 11.3 Å². The standard InChI is InChI=1S/C26H28FNO4S/c1-15(2)13-32-26(30)25-20(14-31-3)28-19-11-17(22-5-4-10-33-22)12-21(29)24(19)23(25)16-6-8-18(27)9-7-16/h4-10,15,17,23,25H,11-14H2,1-3H3. The fraction of sp³-hybridized carbons (Fsp3) is 0.423. The van der Waals surface area contributed by atoms with Crippen molar-refractivity contribution in [1.82, 2.24) is 0 Å². The van der Waals surface area contributed by atoms with Crippen molar-refractivity contribution in [1.29, 1.82) is 0 Å². The van der Waals surface area contributed by atoms with Crippen LogP contribution in [0.3, 0.4) is 0 Å². The number of thiophene rings is 1. The molecule has 1 aliphatic heterocycles. The minimum atomic E-state index is -0.796. The minimum Gasteiger partial charge on any atom is -0.465 e. The number of benzene rings is 1. The lowest BCUT2D eigenvalue weighted by atomic mass is 9.69. The number of hydrogen-bond donors (Lipinski definition) is 0. The van der Waals surface area contributed by atoms with Crippen molar-refractivity contribution in [3.63, 3.8) is 0 Å². The summed E-state index contributed by atoms with van der Waals surface area (Å²) in [5.41, 5.74) is 2.47. The molecule has 1 aliphatic carbocycles. The normalized spacial score (nSPS) is 22.9. The van der Waals surface area contributed by atoms with Crippen LogP contribution in [0.4, 0.5) is 4.39 Å². The molecule has 7 heteroatoms. The van der Waals surface area contributed by atoms with E-state index in [-0.39, 0.29) is 36.7 Å². The lowest BCUT2D eigenvalue weighted by Gasteiger charge is -2.37. The van der Waals surface area contributed by atoms with Gasteiger partial charge in [0.1, 0.15) is 11.7 Å². The first-order valence-electron chi connectivity index (χ1n) is 11.2. The van der Waals surface area contributed by atoms with Gasteiger partial charge in [0.25, 0.3) is 0 Å². The van der Waals surface area contributed by atoms with Gasteiger partial charge in [0.2, 0.25) is 0 Å². The molecule has 0 radical (unpaired) electrons. The first kappa shape index (κ1) is 23.5. The molecule has 1 aromatic carbocycles. The molecule has 5 nitrogen and oxygen atoms in total. The van der Waals surface area contributed by atoms with Crippen LogP contribution in [0.2, 0.25) is 0 Å². The van der Waals surface area contributed by atoms with E-state index >= 15 is 0 Å². The number of esters is 1. The van der Waals surface area contributed by atoms with E-state index in [1.807, 2.05) is 31.4 Å². The van der Waals surface area contributed by atoms with Crippen LogP contribution in [0, 0.1) is 17.7 Å². The lowest BCUT2D eigenvalue weighted by Crippen LogP contribution is -2.41. The number of hydrogen-bond acceptors (Lipinski definition) is 6. The molecule has 0 bridgehead atoms. The van der Waals surface area contributed by atoms with Crippen molar-refractivity contribution in [3.8, 4) is 0 Å². The molecule has 0 saturated heterocycles. The fourth-order valence-electron chi connectivity index (χ4n) is 4.61. The summed E-state index contributed by atoms with van der Waals surface area (Å²) in [4.78, 5) is 32.8. The molecule has 2 aromatic rings. The van der Waals surface area contributed by atoms with Gasteiger partial charge in [-0.05, 0) is 41.5 Å². The minimum absolute atomic E-state index is 0.0224. The van der Waals surface area contributed by atoms with Crippen molar-refractivity contribution in [2.45, 2.75) is 38.5 Å². The van der Waals surface area contributed by atoms with E-state index in [9.17, 15) is 14.0 Å². The summed E-state index contributed by atoms with van der Waals surface area (Å²) >= 11 is 1.63. The molecule has 2 aliphatic rings. The number of halogens is 1. The molecule has 3 unspecified atom stereocenters. The molecule has 0 N–H and O–H groups in total. The van der Waals surface area contributed by atoms with Gasteiger partial charge in [-0.2, -0.15) is 0 Å². The van der Waals surface area contributed by atoms with E-state index in [0.29, 0.717) is 35.4 Å². The van der Waals surface area contributed by atoms with Crippen LogP contribution in [0.15, 0.2) is 58.0 Å². The van der Waals surface area contributed by atoms with E-state index in [1.165, 1.54) is 12.1 Å². The zero-order valence-corrected chi connectivity index (χ0v) is 19.9. The van der Waals surface area contributed by atoms with Gasteiger partial charge in [-0.25, -0.2) is 4.39 Å². The Kier molecular flexibility index (Phi) is 7.20. The number of rotatable bonds is 7. The van der Waals surface area contributed by atoms with E-state index in [1.54, 1.807) is 30.6 Å². The number of carbonyl (C=O) groups is 2. The molecule has 2 heterocycles. The highest BCUT2D eigenvalue weighted by Gasteiger charge is 2.46. The van der Waals surface area contributed by atoms with E-state index in [4.69, 9.17) is 14.5 Å². The van der Waals surface area contributed by atoms with Gasteiger partial charge in [0.15, 0.2) is 5.78 Å². The number of ether oxygens (including phenoxy) is 2.